The minimum atomic E-state index is -3.66. The number of ketones is 1. The highest BCUT2D eigenvalue weighted by atomic mass is 32.2. The average Bonchev–Trinajstić information content (AvgIpc) is 2.66. The first-order valence-corrected chi connectivity index (χ1v) is 10.1. The van der Waals surface area contributed by atoms with Crippen LogP contribution in [0, 0.1) is 0 Å². The zero-order valence-electron chi connectivity index (χ0n) is 14.8. The van der Waals surface area contributed by atoms with Gasteiger partial charge in [0.1, 0.15) is 11.5 Å². The molecule has 0 saturated heterocycles. The van der Waals surface area contributed by atoms with Crippen LogP contribution in [-0.4, -0.2) is 24.4 Å². The Morgan fingerprint density at radius 2 is 1.54 bits per heavy atom. The van der Waals surface area contributed by atoms with Gasteiger partial charge in [-0.1, -0.05) is 42.5 Å². The Kier molecular flexibility index (Phi) is 5.61. The van der Waals surface area contributed by atoms with Crippen molar-refractivity contribution in [3.8, 4) is 11.5 Å². The number of allylic oxidation sites excluding steroid dienone is 1. The summed E-state index contributed by atoms with van der Waals surface area (Å²) in [4.78, 5) is 12.4. The van der Waals surface area contributed by atoms with Gasteiger partial charge in [-0.05, 0) is 53.6 Å². The van der Waals surface area contributed by atoms with Crippen LogP contribution in [0.15, 0.2) is 83.8 Å². The molecule has 0 aliphatic carbocycles. The molecule has 2 N–H and O–H groups in total. The van der Waals surface area contributed by atoms with E-state index in [4.69, 9.17) is 0 Å². The van der Waals surface area contributed by atoms with Crippen LogP contribution in [0.2, 0.25) is 0 Å². The predicted octanol–water partition coefficient (Wildman–Crippen LogP) is 3.97. The fourth-order valence-corrected chi connectivity index (χ4v) is 4.06. The van der Waals surface area contributed by atoms with E-state index in [0.717, 1.165) is 0 Å². The van der Waals surface area contributed by atoms with E-state index >= 15 is 0 Å². The molecule has 0 amide bonds. The molecule has 142 valence electrons. The zero-order chi connectivity index (χ0) is 20.1. The van der Waals surface area contributed by atoms with Crippen molar-refractivity contribution in [3.05, 3.63) is 95.6 Å². The Balaban J connectivity index is 1.79. The van der Waals surface area contributed by atoms with Crippen LogP contribution in [0.25, 0.3) is 6.08 Å². The molecule has 0 saturated carbocycles. The summed E-state index contributed by atoms with van der Waals surface area (Å²) in [5.74, 6) is -0.579. The summed E-state index contributed by atoms with van der Waals surface area (Å²) in [6.07, 6.45) is 2.95. The Morgan fingerprint density at radius 1 is 0.857 bits per heavy atom. The molecule has 3 aromatic rings. The molecule has 28 heavy (non-hydrogen) atoms. The molecule has 0 heterocycles. The number of aromatic hydroxyl groups is 2. The van der Waals surface area contributed by atoms with E-state index < -0.39 is 9.84 Å². The molecule has 6 heteroatoms. The largest absolute Gasteiger partial charge is 0.508 e. The quantitative estimate of drug-likeness (QED) is 0.488. The number of sulfone groups is 1. The minimum absolute atomic E-state index is 0.0213. The monoisotopic (exact) mass is 394 g/mol. The van der Waals surface area contributed by atoms with Crippen LogP contribution in [-0.2, 0) is 15.6 Å². The second-order valence-corrected chi connectivity index (χ2v) is 8.24. The van der Waals surface area contributed by atoms with Crippen LogP contribution in [0.4, 0.5) is 0 Å². The average molecular weight is 394 g/mol. The first kappa shape index (κ1) is 19.4. The molecule has 5 nitrogen and oxygen atoms in total. The SMILES string of the molecule is O=C(/C=C/c1cccc(O)c1)c1cccc(CS(=O)(=O)c2cccc(O)c2)c1. The smallest absolute Gasteiger partial charge is 0.185 e. The fourth-order valence-electron chi connectivity index (χ4n) is 2.69. The predicted molar refractivity (Wildman–Crippen MR) is 107 cm³/mol. The maximum atomic E-state index is 12.5. The van der Waals surface area contributed by atoms with E-state index in [1.165, 1.54) is 48.5 Å². The molecule has 0 aromatic heterocycles. The third-order valence-corrected chi connectivity index (χ3v) is 5.73. The zero-order valence-corrected chi connectivity index (χ0v) is 15.6. The molecule has 0 unspecified atom stereocenters. The summed E-state index contributed by atoms with van der Waals surface area (Å²) in [6.45, 7) is 0. The number of phenols is 2. The Bertz CT molecular complexity index is 1150. The van der Waals surface area contributed by atoms with Crippen molar-refractivity contribution in [3.63, 3.8) is 0 Å². The van der Waals surface area contributed by atoms with Gasteiger partial charge in [-0.25, -0.2) is 8.42 Å². The summed E-state index contributed by atoms with van der Waals surface area (Å²) in [5.41, 5.74) is 1.51. The first-order chi connectivity index (χ1) is 13.3. The van der Waals surface area contributed by atoms with Crippen molar-refractivity contribution >= 4 is 21.7 Å². The van der Waals surface area contributed by atoms with Crippen molar-refractivity contribution in [1.82, 2.24) is 0 Å². The van der Waals surface area contributed by atoms with Gasteiger partial charge in [-0.15, -0.1) is 0 Å². The van der Waals surface area contributed by atoms with Gasteiger partial charge < -0.3 is 10.2 Å². The molecule has 0 aliphatic rings. The molecule has 0 radical (unpaired) electrons. The number of rotatable bonds is 6. The fraction of sp³-hybridized carbons (Fsp3) is 0.0455. The highest BCUT2D eigenvalue weighted by Crippen LogP contribution is 2.21. The van der Waals surface area contributed by atoms with Gasteiger partial charge in [0.05, 0.1) is 10.6 Å². The standard InChI is InChI=1S/C22H18O5S/c23-19-7-2-4-16(13-19)10-11-22(25)18-6-1-5-17(12-18)15-28(26,27)21-9-3-8-20(24)14-21/h1-14,23-24H,15H2/b11-10+. The van der Waals surface area contributed by atoms with Crippen LogP contribution in [0.1, 0.15) is 21.5 Å². The van der Waals surface area contributed by atoms with E-state index in [0.29, 0.717) is 16.7 Å². The minimum Gasteiger partial charge on any atom is -0.508 e. The van der Waals surface area contributed by atoms with Gasteiger partial charge in [0.15, 0.2) is 15.6 Å². The molecular formula is C22H18O5S. The number of benzene rings is 3. The summed E-state index contributed by atoms with van der Waals surface area (Å²) in [5, 5.41) is 19.0. The van der Waals surface area contributed by atoms with Gasteiger partial charge in [-0.3, -0.25) is 4.79 Å². The van der Waals surface area contributed by atoms with E-state index in [1.807, 2.05) is 0 Å². The van der Waals surface area contributed by atoms with E-state index in [1.54, 1.807) is 36.4 Å². The Hall–Kier alpha value is -3.38. The normalized spacial score (nSPS) is 11.6. The van der Waals surface area contributed by atoms with Crippen molar-refractivity contribution in [1.29, 1.82) is 0 Å². The number of phenolic OH excluding ortho intramolecular Hbond substituents is 2. The molecule has 0 bridgehead atoms. The van der Waals surface area contributed by atoms with E-state index in [9.17, 15) is 23.4 Å². The van der Waals surface area contributed by atoms with Crippen LogP contribution < -0.4 is 0 Å². The van der Waals surface area contributed by atoms with E-state index in [2.05, 4.69) is 0 Å². The summed E-state index contributed by atoms with van der Waals surface area (Å²) in [6, 6.07) is 18.4. The molecule has 3 aromatic carbocycles. The van der Waals surface area contributed by atoms with Gasteiger partial charge in [-0.2, -0.15) is 0 Å². The second-order valence-electron chi connectivity index (χ2n) is 6.25. The topological polar surface area (TPSA) is 91.7 Å². The van der Waals surface area contributed by atoms with Gasteiger partial charge >= 0.3 is 0 Å². The number of carbonyl (C=O) groups excluding carboxylic acids is 1. The van der Waals surface area contributed by atoms with Crippen LogP contribution in [0.5, 0.6) is 11.5 Å². The molecule has 0 fully saturated rings. The molecule has 0 aliphatic heterocycles. The number of hydrogen-bond acceptors (Lipinski definition) is 5. The van der Waals surface area contributed by atoms with Gasteiger partial charge in [0.2, 0.25) is 0 Å². The van der Waals surface area contributed by atoms with Gasteiger partial charge in [0.25, 0.3) is 0 Å². The van der Waals surface area contributed by atoms with Crippen molar-refractivity contribution in [2.45, 2.75) is 10.6 Å². The number of hydrogen-bond donors (Lipinski definition) is 2. The molecular weight excluding hydrogens is 376 g/mol. The van der Waals surface area contributed by atoms with E-state index in [-0.39, 0.29) is 27.9 Å². The summed E-state index contributed by atoms with van der Waals surface area (Å²) >= 11 is 0. The Labute approximate surface area is 163 Å². The highest BCUT2D eigenvalue weighted by Gasteiger charge is 2.16. The van der Waals surface area contributed by atoms with Crippen molar-refractivity contribution in [2.75, 3.05) is 0 Å². The van der Waals surface area contributed by atoms with Crippen LogP contribution in [0.3, 0.4) is 0 Å². The maximum Gasteiger partial charge on any atom is 0.185 e. The van der Waals surface area contributed by atoms with Gasteiger partial charge in [0, 0.05) is 5.56 Å². The first-order valence-electron chi connectivity index (χ1n) is 8.46. The summed E-state index contributed by atoms with van der Waals surface area (Å²) < 4.78 is 25.1. The Morgan fingerprint density at radius 3 is 2.25 bits per heavy atom. The third kappa shape index (κ3) is 4.86. The molecule has 0 spiro atoms. The third-order valence-electron chi connectivity index (χ3n) is 4.04. The number of carbonyl (C=O) groups is 1. The van der Waals surface area contributed by atoms with Crippen molar-refractivity contribution in [2.24, 2.45) is 0 Å². The second kappa shape index (κ2) is 8.10. The lowest BCUT2D eigenvalue weighted by Crippen LogP contribution is -2.06. The highest BCUT2D eigenvalue weighted by molar-refractivity contribution is 7.90. The lowest BCUT2D eigenvalue weighted by molar-refractivity contribution is 0.104. The molecule has 3 rings (SSSR count). The lowest BCUT2D eigenvalue weighted by Gasteiger charge is -2.06. The van der Waals surface area contributed by atoms with Crippen molar-refractivity contribution < 1.29 is 23.4 Å². The summed E-state index contributed by atoms with van der Waals surface area (Å²) in [7, 11) is -3.66. The van der Waals surface area contributed by atoms with Crippen LogP contribution >= 0.6 is 0 Å². The molecule has 0 atom stereocenters. The lowest BCUT2D eigenvalue weighted by atomic mass is 10.1. The maximum absolute atomic E-state index is 12.5.